The fourth-order valence-corrected chi connectivity index (χ4v) is 3.49. The second-order valence-corrected chi connectivity index (χ2v) is 7.13. The molecule has 1 aliphatic heterocycles. The summed E-state index contributed by atoms with van der Waals surface area (Å²) in [6.45, 7) is 1.55. The molecule has 1 aliphatic carbocycles. The quantitative estimate of drug-likeness (QED) is 0.831. The Morgan fingerprint density at radius 3 is 2.92 bits per heavy atom. The van der Waals surface area contributed by atoms with Crippen LogP contribution < -0.4 is 5.32 Å². The average Bonchev–Trinajstić information content (AvgIpc) is 3.29. The fraction of sp³-hybridized carbons (Fsp3) is 0.647. The van der Waals surface area contributed by atoms with Crippen molar-refractivity contribution in [3.8, 4) is 0 Å². The summed E-state index contributed by atoms with van der Waals surface area (Å²) in [5, 5.41) is 24.4. The van der Waals surface area contributed by atoms with Gasteiger partial charge in [0.1, 0.15) is 23.9 Å². The Kier molecular flexibility index (Phi) is 4.62. The third-order valence-electron chi connectivity index (χ3n) is 5.19. The molecule has 26 heavy (non-hydrogen) atoms. The molecule has 2 aliphatic rings. The zero-order chi connectivity index (χ0) is 18.1. The van der Waals surface area contributed by atoms with E-state index in [1.54, 1.807) is 0 Å². The van der Waals surface area contributed by atoms with Gasteiger partial charge in [-0.3, -0.25) is 0 Å². The highest BCUT2D eigenvalue weighted by Crippen LogP contribution is 2.40. The lowest BCUT2D eigenvalue weighted by Crippen LogP contribution is -2.45. The van der Waals surface area contributed by atoms with Gasteiger partial charge in [-0.2, -0.15) is 0 Å². The summed E-state index contributed by atoms with van der Waals surface area (Å²) in [7, 11) is 1.85. The number of aliphatic hydroxyl groups is 1. The SMILES string of the molecule is Cn1c(CO)nnc1[C@@H]1CCCN(C(=O)NCc2cc(C3CC3)on2)C1. The monoisotopic (exact) mass is 360 g/mol. The van der Waals surface area contributed by atoms with E-state index in [1.165, 1.54) is 0 Å². The maximum atomic E-state index is 12.5. The molecule has 9 nitrogen and oxygen atoms in total. The van der Waals surface area contributed by atoms with Crippen LogP contribution >= 0.6 is 0 Å². The standard InChI is InChI=1S/C17H24N6O3/c1-22-15(10-24)19-20-16(22)12-3-2-6-23(9-12)17(25)18-8-13-7-14(26-21-13)11-4-5-11/h7,11-12,24H,2-6,8-10H2,1H3,(H,18,25)/t12-/m1/s1. The van der Waals surface area contributed by atoms with Gasteiger partial charge in [-0.15, -0.1) is 10.2 Å². The number of urea groups is 1. The summed E-state index contributed by atoms with van der Waals surface area (Å²) in [5.74, 6) is 2.93. The van der Waals surface area contributed by atoms with Crippen molar-refractivity contribution in [1.29, 1.82) is 0 Å². The molecule has 4 rings (SSSR count). The molecule has 0 spiro atoms. The van der Waals surface area contributed by atoms with E-state index in [9.17, 15) is 9.90 Å². The lowest BCUT2D eigenvalue weighted by Gasteiger charge is -2.32. The first-order chi connectivity index (χ1) is 12.7. The lowest BCUT2D eigenvalue weighted by molar-refractivity contribution is 0.177. The third kappa shape index (κ3) is 3.44. The number of carbonyl (C=O) groups is 1. The van der Waals surface area contributed by atoms with Crippen LogP contribution in [0.2, 0.25) is 0 Å². The number of amides is 2. The summed E-state index contributed by atoms with van der Waals surface area (Å²) in [6, 6.07) is 1.84. The third-order valence-corrected chi connectivity index (χ3v) is 5.19. The molecule has 2 fully saturated rings. The maximum Gasteiger partial charge on any atom is 0.317 e. The van der Waals surface area contributed by atoms with Gasteiger partial charge in [0.2, 0.25) is 0 Å². The van der Waals surface area contributed by atoms with Crippen molar-refractivity contribution in [2.75, 3.05) is 13.1 Å². The van der Waals surface area contributed by atoms with Crippen molar-refractivity contribution in [2.45, 2.75) is 50.7 Å². The van der Waals surface area contributed by atoms with Crippen molar-refractivity contribution < 1.29 is 14.4 Å². The predicted octanol–water partition coefficient (Wildman–Crippen LogP) is 1.26. The molecule has 1 saturated heterocycles. The molecular weight excluding hydrogens is 336 g/mol. The molecule has 3 heterocycles. The molecule has 0 unspecified atom stereocenters. The van der Waals surface area contributed by atoms with E-state index in [1.807, 2.05) is 22.6 Å². The van der Waals surface area contributed by atoms with Gasteiger partial charge >= 0.3 is 6.03 Å². The molecule has 2 aromatic rings. The van der Waals surface area contributed by atoms with E-state index in [-0.39, 0.29) is 18.6 Å². The molecule has 0 bridgehead atoms. The van der Waals surface area contributed by atoms with Crippen LogP contribution in [0.5, 0.6) is 0 Å². The first kappa shape index (κ1) is 17.0. The average molecular weight is 360 g/mol. The molecular formula is C17H24N6O3. The zero-order valence-corrected chi connectivity index (χ0v) is 14.9. The highest BCUT2D eigenvalue weighted by molar-refractivity contribution is 5.74. The molecule has 1 saturated carbocycles. The summed E-state index contributed by atoms with van der Waals surface area (Å²) < 4.78 is 7.13. The molecule has 140 valence electrons. The van der Waals surface area contributed by atoms with E-state index in [0.29, 0.717) is 24.8 Å². The van der Waals surface area contributed by atoms with Gasteiger partial charge in [0, 0.05) is 38.0 Å². The normalized spacial score (nSPS) is 20.4. The van der Waals surface area contributed by atoms with Crippen molar-refractivity contribution in [2.24, 2.45) is 7.05 Å². The molecule has 2 N–H and O–H groups in total. The van der Waals surface area contributed by atoms with Gasteiger partial charge in [0.05, 0.1) is 6.54 Å². The second kappa shape index (κ2) is 7.06. The minimum atomic E-state index is -0.138. The molecule has 1 atom stereocenters. The Labute approximate surface area is 151 Å². The van der Waals surface area contributed by atoms with E-state index in [0.717, 1.165) is 49.5 Å². The Morgan fingerprint density at radius 2 is 2.19 bits per heavy atom. The van der Waals surface area contributed by atoms with Crippen LogP contribution in [0, 0.1) is 0 Å². The number of aliphatic hydroxyl groups excluding tert-OH is 1. The highest BCUT2D eigenvalue weighted by Gasteiger charge is 2.29. The van der Waals surface area contributed by atoms with Gasteiger partial charge in [0.25, 0.3) is 0 Å². The number of likely N-dealkylation sites (tertiary alicyclic amines) is 1. The van der Waals surface area contributed by atoms with Gasteiger partial charge in [-0.05, 0) is 25.7 Å². The van der Waals surface area contributed by atoms with Crippen molar-refractivity contribution >= 4 is 6.03 Å². The minimum Gasteiger partial charge on any atom is -0.388 e. The van der Waals surface area contributed by atoms with Crippen LogP contribution in [0.15, 0.2) is 10.6 Å². The number of nitrogens with zero attached hydrogens (tertiary/aromatic N) is 5. The van der Waals surface area contributed by atoms with Gasteiger partial charge in [0.15, 0.2) is 5.82 Å². The first-order valence-electron chi connectivity index (χ1n) is 9.13. The second-order valence-electron chi connectivity index (χ2n) is 7.13. The largest absolute Gasteiger partial charge is 0.388 e. The van der Waals surface area contributed by atoms with Crippen LogP contribution in [0.1, 0.15) is 60.6 Å². The predicted molar refractivity (Wildman–Crippen MR) is 91.2 cm³/mol. The van der Waals surface area contributed by atoms with Crippen LogP contribution in [-0.4, -0.2) is 49.0 Å². The van der Waals surface area contributed by atoms with Crippen LogP contribution in [0.4, 0.5) is 4.79 Å². The fourth-order valence-electron chi connectivity index (χ4n) is 3.49. The Balaban J connectivity index is 1.34. The first-order valence-corrected chi connectivity index (χ1v) is 9.13. The number of nitrogens with one attached hydrogen (secondary N) is 1. The number of carbonyl (C=O) groups excluding carboxylic acids is 1. The molecule has 2 aromatic heterocycles. The van der Waals surface area contributed by atoms with Gasteiger partial charge in [-0.1, -0.05) is 5.16 Å². The zero-order valence-electron chi connectivity index (χ0n) is 14.9. The van der Waals surface area contributed by atoms with Crippen molar-refractivity contribution in [1.82, 2.24) is 30.1 Å². The highest BCUT2D eigenvalue weighted by atomic mass is 16.5. The number of aromatic nitrogens is 4. The number of piperidine rings is 1. The van der Waals surface area contributed by atoms with E-state index in [4.69, 9.17) is 4.52 Å². The number of hydrogen-bond acceptors (Lipinski definition) is 6. The molecule has 0 aromatic carbocycles. The smallest absolute Gasteiger partial charge is 0.317 e. The van der Waals surface area contributed by atoms with Gasteiger partial charge in [-0.25, -0.2) is 4.79 Å². The number of hydrogen-bond donors (Lipinski definition) is 2. The topological polar surface area (TPSA) is 109 Å². The minimum absolute atomic E-state index is 0.102. The van der Waals surface area contributed by atoms with Crippen molar-refractivity contribution in [3.63, 3.8) is 0 Å². The van der Waals surface area contributed by atoms with Crippen molar-refractivity contribution in [3.05, 3.63) is 29.2 Å². The summed E-state index contributed by atoms with van der Waals surface area (Å²) in [4.78, 5) is 14.3. The van der Waals surface area contributed by atoms with Crippen LogP contribution in [0.3, 0.4) is 0 Å². The number of rotatable bonds is 5. The summed E-state index contributed by atoms with van der Waals surface area (Å²) in [5.41, 5.74) is 0.759. The van der Waals surface area contributed by atoms with E-state index < -0.39 is 0 Å². The Bertz CT molecular complexity index is 781. The van der Waals surface area contributed by atoms with E-state index >= 15 is 0 Å². The molecule has 2 amide bonds. The van der Waals surface area contributed by atoms with E-state index in [2.05, 4.69) is 20.7 Å². The van der Waals surface area contributed by atoms with Crippen LogP contribution in [0.25, 0.3) is 0 Å². The summed E-state index contributed by atoms with van der Waals surface area (Å²) in [6.07, 6.45) is 4.19. The molecule has 9 heteroatoms. The molecule has 0 radical (unpaired) electrons. The lowest BCUT2D eigenvalue weighted by atomic mass is 9.97. The van der Waals surface area contributed by atoms with Crippen LogP contribution in [-0.2, 0) is 20.2 Å². The Morgan fingerprint density at radius 1 is 1.35 bits per heavy atom. The summed E-state index contributed by atoms with van der Waals surface area (Å²) >= 11 is 0. The maximum absolute atomic E-state index is 12.5. The van der Waals surface area contributed by atoms with Gasteiger partial charge < -0.3 is 24.4 Å². The Hall–Kier alpha value is -2.42.